The quantitative estimate of drug-likeness (QED) is 0.687. The summed E-state index contributed by atoms with van der Waals surface area (Å²) in [6.45, 7) is 8.52. The molecule has 3 rings (SSSR count). The summed E-state index contributed by atoms with van der Waals surface area (Å²) in [7, 11) is 0. The maximum atomic E-state index is 12.2. The van der Waals surface area contributed by atoms with E-state index < -0.39 is 0 Å². The van der Waals surface area contributed by atoms with Crippen molar-refractivity contribution in [2.75, 3.05) is 18.5 Å². The third-order valence-electron chi connectivity index (χ3n) is 3.87. The fourth-order valence-corrected chi connectivity index (χ4v) is 3.81. The van der Waals surface area contributed by atoms with Gasteiger partial charge in [0.25, 0.3) is 5.91 Å². The first-order valence-corrected chi connectivity index (χ1v) is 9.32. The smallest absolute Gasteiger partial charge is 0.264 e. The highest BCUT2D eigenvalue weighted by Gasteiger charge is 2.11. The van der Waals surface area contributed by atoms with Gasteiger partial charge in [-0.25, -0.2) is 4.98 Å². The van der Waals surface area contributed by atoms with Crippen LogP contribution < -0.4 is 14.8 Å². The minimum absolute atomic E-state index is 0.0507. The number of nitrogens with zero attached hydrogens (tertiary/aromatic N) is 1. The maximum absolute atomic E-state index is 12.2. The Morgan fingerprint density at radius 1 is 1.12 bits per heavy atom. The van der Waals surface area contributed by atoms with Gasteiger partial charge < -0.3 is 9.47 Å². The predicted octanol–water partition coefficient (Wildman–Crippen LogP) is 4.64. The van der Waals surface area contributed by atoms with Crippen LogP contribution in [0.1, 0.15) is 23.6 Å². The van der Waals surface area contributed by atoms with E-state index in [4.69, 9.17) is 9.47 Å². The van der Waals surface area contributed by atoms with Crippen LogP contribution in [0, 0.1) is 20.8 Å². The van der Waals surface area contributed by atoms with Crippen LogP contribution in [0.15, 0.2) is 30.3 Å². The lowest BCUT2D eigenvalue weighted by atomic mass is 10.1. The number of amides is 1. The summed E-state index contributed by atoms with van der Waals surface area (Å²) in [5.74, 6) is 1.33. The summed E-state index contributed by atoms with van der Waals surface area (Å²) >= 11 is 1.42. The number of fused-ring (bicyclic) bond motifs is 1. The lowest BCUT2D eigenvalue weighted by molar-refractivity contribution is -0.118. The van der Waals surface area contributed by atoms with Gasteiger partial charge >= 0.3 is 0 Å². The zero-order valence-electron chi connectivity index (χ0n) is 15.4. The molecule has 0 saturated carbocycles. The third-order valence-corrected chi connectivity index (χ3v) is 4.80. The molecule has 0 fully saturated rings. The van der Waals surface area contributed by atoms with Crippen molar-refractivity contribution in [3.63, 3.8) is 0 Å². The van der Waals surface area contributed by atoms with E-state index >= 15 is 0 Å². The number of rotatable bonds is 6. The first-order chi connectivity index (χ1) is 12.5. The van der Waals surface area contributed by atoms with Crippen LogP contribution >= 0.6 is 11.3 Å². The average Bonchev–Trinajstić information content (AvgIpc) is 2.95. The van der Waals surface area contributed by atoms with Gasteiger partial charge in [0, 0.05) is 0 Å². The molecular formula is C20H22N2O3S. The van der Waals surface area contributed by atoms with Crippen molar-refractivity contribution >= 4 is 32.6 Å². The molecule has 0 aliphatic rings. The highest BCUT2D eigenvalue weighted by molar-refractivity contribution is 7.22. The number of carbonyl (C=O) groups excluding carboxylic acids is 1. The SMILES string of the molecule is CCOc1ccc2nc(NC(=O)COc3c(C)cc(C)cc3C)sc2c1. The molecule has 0 unspecified atom stereocenters. The molecule has 2 aromatic carbocycles. The number of aromatic nitrogens is 1. The Kier molecular flexibility index (Phi) is 5.42. The Balaban J connectivity index is 1.66. The summed E-state index contributed by atoms with van der Waals surface area (Å²) < 4.78 is 12.2. The molecule has 5 nitrogen and oxygen atoms in total. The van der Waals surface area contributed by atoms with Crippen LogP contribution in [0.4, 0.5) is 5.13 Å². The first kappa shape index (κ1) is 18.2. The van der Waals surface area contributed by atoms with Gasteiger partial charge in [-0.2, -0.15) is 0 Å². The molecule has 0 bridgehead atoms. The Labute approximate surface area is 157 Å². The Bertz CT molecular complexity index is 926. The van der Waals surface area contributed by atoms with Crippen LogP contribution in [-0.2, 0) is 4.79 Å². The number of carbonyl (C=O) groups is 1. The van der Waals surface area contributed by atoms with Crippen LogP contribution in [0.5, 0.6) is 11.5 Å². The molecule has 26 heavy (non-hydrogen) atoms. The summed E-state index contributed by atoms with van der Waals surface area (Å²) in [5, 5.41) is 3.36. The zero-order chi connectivity index (χ0) is 18.7. The first-order valence-electron chi connectivity index (χ1n) is 8.50. The summed E-state index contributed by atoms with van der Waals surface area (Å²) in [6, 6.07) is 9.79. The number of ether oxygens (including phenoxy) is 2. The van der Waals surface area contributed by atoms with Crippen molar-refractivity contribution in [2.24, 2.45) is 0 Å². The summed E-state index contributed by atoms with van der Waals surface area (Å²) in [5.41, 5.74) is 4.06. The number of hydrogen-bond acceptors (Lipinski definition) is 5. The molecule has 1 amide bonds. The highest BCUT2D eigenvalue weighted by atomic mass is 32.1. The van der Waals surface area contributed by atoms with Crippen molar-refractivity contribution in [1.82, 2.24) is 4.98 Å². The van der Waals surface area contributed by atoms with E-state index in [9.17, 15) is 4.79 Å². The molecule has 0 atom stereocenters. The van der Waals surface area contributed by atoms with Gasteiger partial charge in [0.1, 0.15) is 11.5 Å². The number of nitrogens with one attached hydrogen (secondary N) is 1. The topological polar surface area (TPSA) is 60.5 Å². The molecule has 0 aliphatic carbocycles. The fraction of sp³-hybridized carbons (Fsp3) is 0.300. The molecule has 0 aliphatic heterocycles. The second-order valence-corrected chi connectivity index (χ2v) is 7.18. The number of thiazole rings is 1. The van der Waals surface area contributed by atoms with Gasteiger partial charge in [-0.05, 0) is 57.0 Å². The minimum atomic E-state index is -0.228. The van der Waals surface area contributed by atoms with Crippen molar-refractivity contribution < 1.29 is 14.3 Å². The number of aryl methyl sites for hydroxylation is 3. The molecule has 1 aromatic heterocycles. The van der Waals surface area contributed by atoms with E-state index in [-0.39, 0.29) is 12.5 Å². The summed E-state index contributed by atoms with van der Waals surface area (Å²) in [6.07, 6.45) is 0. The van der Waals surface area contributed by atoms with E-state index in [0.29, 0.717) is 11.7 Å². The Morgan fingerprint density at radius 3 is 2.54 bits per heavy atom. The summed E-state index contributed by atoms with van der Waals surface area (Å²) in [4.78, 5) is 16.7. The average molecular weight is 370 g/mol. The molecule has 3 aromatic rings. The Morgan fingerprint density at radius 2 is 1.85 bits per heavy atom. The minimum Gasteiger partial charge on any atom is -0.494 e. The van der Waals surface area contributed by atoms with Gasteiger partial charge in [-0.1, -0.05) is 29.0 Å². The lowest BCUT2D eigenvalue weighted by Gasteiger charge is -2.12. The molecule has 1 heterocycles. The number of benzene rings is 2. The van der Waals surface area contributed by atoms with Gasteiger partial charge in [0.2, 0.25) is 0 Å². The van der Waals surface area contributed by atoms with E-state index in [1.54, 1.807) is 0 Å². The molecule has 0 radical (unpaired) electrons. The van der Waals surface area contributed by atoms with Gasteiger partial charge in [0.15, 0.2) is 11.7 Å². The highest BCUT2D eigenvalue weighted by Crippen LogP contribution is 2.29. The molecule has 6 heteroatoms. The molecule has 0 spiro atoms. The van der Waals surface area contributed by atoms with Crippen molar-refractivity contribution in [1.29, 1.82) is 0 Å². The number of anilines is 1. The van der Waals surface area contributed by atoms with Crippen LogP contribution in [0.2, 0.25) is 0 Å². The number of hydrogen-bond donors (Lipinski definition) is 1. The monoisotopic (exact) mass is 370 g/mol. The van der Waals surface area contributed by atoms with Gasteiger partial charge in [-0.15, -0.1) is 0 Å². The zero-order valence-corrected chi connectivity index (χ0v) is 16.2. The van der Waals surface area contributed by atoms with Crippen molar-refractivity contribution in [3.05, 3.63) is 47.0 Å². The molecule has 136 valence electrons. The Hall–Kier alpha value is -2.60. The van der Waals surface area contributed by atoms with Crippen LogP contribution in [0.3, 0.4) is 0 Å². The lowest BCUT2D eigenvalue weighted by Crippen LogP contribution is -2.20. The molecular weight excluding hydrogens is 348 g/mol. The van der Waals surface area contributed by atoms with Gasteiger partial charge in [0.05, 0.1) is 16.8 Å². The van der Waals surface area contributed by atoms with Gasteiger partial charge in [-0.3, -0.25) is 10.1 Å². The fourth-order valence-electron chi connectivity index (χ4n) is 2.90. The van der Waals surface area contributed by atoms with E-state index in [0.717, 1.165) is 32.8 Å². The standard InChI is InChI=1S/C20H22N2O3S/c1-5-24-15-6-7-16-17(10-15)26-20(21-16)22-18(23)11-25-19-13(3)8-12(2)9-14(19)4/h6-10H,5,11H2,1-4H3,(H,21,22,23). The van der Waals surface area contributed by atoms with Crippen LogP contribution in [-0.4, -0.2) is 24.1 Å². The third kappa shape index (κ3) is 4.14. The maximum Gasteiger partial charge on any atom is 0.264 e. The second kappa shape index (κ2) is 7.74. The molecule has 1 N–H and O–H groups in total. The largest absolute Gasteiger partial charge is 0.494 e. The molecule has 0 saturated heterocycles. The predicted molar refractivity (Wildman–Crippen MR) is 106 cm³/mol. The normalized spacial score (nSPS) is 10.8. The van der Waals surface area contributed by atoms with Crippen molar-refractivity contribution in [3.8, 4) is 11.5 Å². The van der Waals surface area contributed by atoms with E-state index in [1.165, 1.54) is 16.9 Å². The van der Waals surface area contributed by atoms with E-state index in [1.807, 2.05) is 58.0 Å². The van der Waals surface area contributed by atoms with Crippen LogP contribution in [0.25, 0.3) is 10.2 Å². The van der Waals surface area contributed by atoms with E-state index in [2.05, 4.69) is 10.3 Å². The second-order valence-electron chi connectivity index (χ2n) is 6.15. The van der Waals surface area contributed by atoms with Crippen molar-refractivity contribution in [2.45, 2.75) is 27.7 Å².